The molecule has 2 aromatic carbocycles. The predicted molar refractivity (Wildman–Crippen MR) is 111 cm³/mol. The molecule has 0 unspecified atom stereocenters. The van der Waals surface area contributed by atoms with Crippen molar-refractivity contribution in [3.05, 3.63) is 59.7 Å². The van der Waals surface area contributed by atoms with Crippen molar-refractivity contribution in [2.75, 3.05) is 6.61 Å². The number of sulfonamides is 1. The molecule has 0 aliphatic heterocycles. The maximum Gasteiger partial charge on any atom is 0.238 e. The van der Waals surface area contributed by atoms with E-state index < -0.39 is 15.8 Å². The van der Waals surface area contributed by atoms with Crippen LogP contribution in [0.1, 0.15) is 48.0 Å². The number of aromatic hydroxyl groups is 1. The van der Waals surface area contributed by atoms with Gasteiger partial charge in [-0.3, -0.25) is 4.79 Å². The lowest BCUT2D eigenvalue weighted by molar-refractivity contribution is 0.103. The first kappa shape index (κ1) is 21.1. The first-order chi connectivity index (χ1) is 13.8. The molecule has 0 radical (unpaired) electrons. The molecule has 0 atom stereocenters. The molecule has 0 amide bonds. The van der Waals surface area contributed by atoms with E-state index in [4.69, 9.17) is 9.88 Å². The van der Waals surface area contributed by atoms with Crippen molar-refractivity contribution in [2.45, 2.75) is 37.0 Å². The van der Waals surface area contributed by atoms with Crippen LogP contribution in [0.2, 0.25) is 0 Å². The molecule has 2 aromatic rings. The highest BCUT2D eigenvalue weighted by molar-refractivity contribution is 7.89. The van der Waals surface area contributed by atoms with Crippen LogP contribution < -0.4 is 9.88 Å². The quantitative estimate of drug-likeness (QED) is 0.527. The Balaban J connectivity index is 1.73. The lowest BCUT2D eigenvalue weighted by Gasteiger charge is -2.22. The molecule has 1 aliphatic rings. The first-order valence-corrected chi connectivity index (χ1v) is 11.2. The largest absolute Gasteiger partial charge is 0.507 e. The van der Waals surface area contributed by atoms with Gasteiger partial charge in [0.2, 0.25) is 10.0 Å². The molecule has 0 bridgehead atoms. The molecule has 154 valence electrons. The second-order valence-corrected chi connectivity index (χ2v) is 8.84. The number of hydrogen-bond acceptors (Lipinski definition) is 5. The SMILES string of the molecule is NS(=O)(=O)c1ccc(C=CC(=O)c2c(O)cccc2OCC2CCCCC2)cc1. The lowest BCUT2D eigenvalue weighted by Crippen LogP contribution is -2.16. The summed E-state index contributed by atoms with van der Waals surface area (Å²) in [4.78, 5) is 12.7. The maximum absolute atomic E-state index is 12.7. The molecular formula is C22H25NO5S. The standard InChI is InChI=1S/C22H25NO5S/c23-29(26,27)18-12-9-16(10-13-18)11-14-20(25)22-19(24)7-4-8-21(22)28-15-17-5-2-1-3-6-17/h4,7-14,17,24H,1-3,5-6,15H2,(H2,23,26,27). The minimum Gasteiger partial charge on any atom is -0.507 e. The molecule has 0 spiro atoms. The van der Waals surface area contributed by atoms with Gasteiger partial charge in [0.1, 0.15) is 17.1 Å². The number of ketones is 1. The highest BCUT2D eigenvalue weighted by Gasteiger charge is 2.18. The Morgan fingerprint density at radius 1 is 1.10 bits per heavy atom. The summed E-state index contributed by atoms with van der Waals surface area (Å²) in [5, 5.41) is 15.3. The Bertz CT molecular complexity index is 990. The molecule has 7 heteroatoms. The minimum atomic E-state index is -3.76. The van der Waals surface area contributed by atoms with E-state index in [1.807, 2.05) is 0 Å². The van der Waals surface area contributed by atoms with Gasteiger partial charge in [-0.1, -0.05) is 43.5 Å². The summed E-state index contributed by atoms with van der Waals surface area (Å²) in [5.74, 6) is 0.319. The van der Waals surface area contributed by atoms with Crippen LogP contribution in [0.15, 0.2) is 53.4 Å². The topological polar surface area (TPSA) is 107 Å². The van der Waals surface area contributed by atoms with Gasteiger partial charge in [-0.05, 0) is 54.7 Å². The van der Waals surface area contributed by atoms with E-state index in [-0.39, 0.29) is 16.2 Å². The zero-order valence-corrected chi connectivity index (χ0v) is 16.9. The predicted octanol–water partition coefficient (Wildman–Crippen LogP) is 3.89. The molecule has 6 nitrogen and oxygen atoms in total. The molecule has 0 saturated heterocycles. The summed E-state index contributed by atoms with van der Waals surface area (Å²) in [6.07, 6.45) is 8.78. The van der Waals surface area contributed by atoms with Crippen molar-refractivity contribution in [2.24, 2.45) is 11.1 Å². The van der Waals surface area contributed by atoms with Gasteiger partial charge < -0.3 is 9.84 Å². The van der Waals surface area contributed by atoms with Gasteiger partial charge in [0, 0.05) is 0 Å². The van der Waals surface area contributed by atoms with Crippen LogP contribution in [0.5, 0.6) is 11.5 Å². The van der Waals surface area contributed by atoms with Gasteiger partial charge in [-0.25, -0.2) is 13.6 Å². The van der Waals surface area contributed by atoms with E-state index in [0.717, 1.165) is 12.8 Å². The van der Waals surface area contributed by atoms with E-state index in [1.54, 1.807) is 30.3 Å². The summed E-state index contributed by atoms with van der Waals surface area (Å²) >= 11 is 0. The van der Waals surface area contributed by atoms with Crippen LogP contribution in [0.3, 0.4) is 0 Å². The van der Waals surface area contributed by atoms with Gasteiger partial charge >= 0.3 is 0 Å². The van der Waals surface area contributed by atoms with E-state index in [1.165, 1.54) is 43.5 Å². The Morgan fingerprint density at radius 3 is 2.45 bits per heavy atom. The highest BCUT2D eigenvalue weighted by Crippen LogP contribution is 2.30. The van der Waals surface area contributed by atoms with Gasteiger partial charge in [0.05, 0.1) is 11.5 Å². The molecule has 3 rings (SSSR count). The van der Waals surface area contributed by atoms with E-state index in [2.05, 4.69) is 0 Å². The third kappa shape index (κ3) is 5.68. The van der Waals surface area contributed by atoms with Crippen LogP contribution in [-0.4, -0.2) is 25.9 Å². The summed E-state index contributed by atoms with van der Waals surface area (Å²) in [6.45, 7) is 0.530. The normalized spacial score (nSPS) is 15.5. The van der Waals surface area contributed by atoms with Crippen molar-refractivity contribution in [3.63, 3.8) is 0 Å². The second kappa shape index (κ2) is 9.24. The number of phenols is 1. The number of allylic oxidation sites excluding steroid dienone is 1. The average Bonchev–Trinajstić information content (AvgIpc) is 2.71. The van der Waals surface area contributed by atoms with Crippen molar-refractivity contribution in [1.29, 1.82) is 0 Å². The van der Waals surface area contributed by atoms with Crippen molar-refractivity contribution in [1.82, 2.24) is 0 Å². The second-order valence-electron chi connectivity index (χ2n) is 7.28. The molecule has 1 aliphatic carbocycles. The molecular weight excluding hydrogens is 390 g/mol. The van der Waals surface area contributed by atoms with Crippen LogP contribution >= 0.6 is 0 Å². The Hall–Kier alpha value is -2.64. The highest BCUT2D eigenvalue weighted by atomic mass is 32.2. The van der Waals surface area contributed by atoms with Crippen LogP contribution in [-0.2, 0) is 10.0 Å². The van der Waals surface area contributed by atoms with Crippen LogP contribution in [0.25, 0.3) is 6.08 Å². The molecule has 0 aromatic heterocycles. The molecule has 29 heavy (non-hydrogen) atoms. The van der Waals surface area contributed by atoms with Gasteiger partial charge in [-0.2, -0.15) is 0 Å². The molecule has 1 fully saturated rings. The Morgan fingerprint density at radius 2 is 1.79 bits per heavy atom. The number of nitrogens with two attached hydrogens (primary N) is 1. The Kier molecular flexibility index (Phi) is 6.71. The number of rotatable bonds is 7. The van der Waals surface area contributed by atoms with Crippen molar-refractivity contribution < 1.29 is 23.1 Å². The van der Waals surface area contributed by atoms with Crippen molar-refractivity contribution >= 4 is 21.9 Å². The molecule has 3 N–H and O–H groups in total. The number of ether oxygens (including phenoxy) is 1. The third-order valence-corrected chi connectivity index (χ3v) is 6.01. The van der Waals surface area contributed by atoms with E-state index in [9.17, 15) is 18.3 Å². The molecule has 0 heterocycles. The van der Waals surface area contributed by atoms with Crippen molar-refractivity contribution in [3.8, 4) is 11.5 Å². The average molecular weight is 416 g/mol. The number of hydrogen-bond donors (Lipinski definition) is 2. The summed E-state index contributed by atoms with van der Waals surface area (Å²) in [5.41, 5.74) is 0.756. The smallest absolute Gasteiger partial charge is 0.238 e. The Labute approximate surface area is 171 Å². The molecule has 1 saturated carbocycles. The monoisotopic (exact) mass is 415 g/mol. The fourth-order valence-corrected chi connectivity index (χ4v) is 3.99. The van der Waals surface area contributed by atoms with Gasteiger partial charge in [0.25, 0.3) is 0 Å². The number of carbonyl (C=O) groups is 1. The van der Waals surface area contributed by atoms with Gasteiger partial charge in [0.15, 0.2) is 5.78 Å². The van der Waals surface area contributed by atoms with E-state index in [0.29, 0.717) is 23.8 Å². The lowest BCUT2D eigenvalue weighted by atomic mass is 9.90. The first-order valence-electron chi connectivity index (χ1n) is 9.64. The zero-order valence-electron chi connectivity index (χ0n) is 16.1. The number of primary sulfonamides is 1. The summed E-state index contributed by atoms with van der Waals surface area (Å²) in [7, 11) is -3.76. The number of carbonyl (C=O) groups excluding carboxylic acids is 1. The zero-order chi connectivity index (χ0) is 20.9. The maximum atomic E-state index is 12.7. The fourth-order valence-electron chi connectivity index (χ4n) is 3.47. The number of phenolic OH excluding ortho intramolecular Hbond substituents is 1. The summed E-state index contributed by atoms with van der Waals surface area (Å²) < 4.78 is 28.5. The summed E-state index contributed by atoms with van der Waals surface area (Å²) in [6, 6.07) is 10.6. The van der Waals surface area contributed by atoms with Crippen LogP contribution in [0.4, 0.5) is 0 Å². The van der Waals surface area contributed by atoms with Gasteiger partial charge in [-0.15, -0.1) is 0 Å². The minimum absolute atomic E-state index is 0.0000734. The number of benzene rings is 2. The third-order valence-electron chi connectivity index (χ3n) is 5.09. The van der Waals surface area contributed by atoms with Crippen LogP contribution in [0, 0.1) is 5.92 Å². The van der Waals surface area contributed by atoms with E-state index >= 15 is 0 Å². The fraction of sp³-hybridized carbons (Fsp3) is 0.318.